The van der Waals surface area contributed by atoms with E-state index in [1.165, 1.54) is 5.56 Å². The number of halogens is 1. The molecule has 0 radical (unpaired) electrons. The Labute approximate surface area is 104 Å². The molecule has 1 atom stereocenters. The minimum absolute atomic E-state index is 0.242. The molecule has 2 nitrogen and oxygen atoms in total. The van der Waals surface area contributed by atoms with Crippen molar-refractivity contribution in [1.29, 1.82) is 0 Å². The highest BCUT2D eigenvalue weighted by molar-refractivity contribution is 9.10. The summed E-state index contributed by atoms with van der Waals surface area (Å²) in [7, 11) is 0. The van der Waals surface area contributed by atoms with Crippen molar-refractivity contribution in [3.05, 3.63) is 52.4 Å². The quantitative estimate of drug-likeness (QED) is 0.894. The summed E-state index contributed by atoms with van der Waals surface area (Å²) in [4.78, 5) is 0. The average Bonchev–Trinajstić information content (AvgIpc) is 2.78. The van der Waals surface area contributed by atoms with E-state index in [1.807, 2.05) is 18.2 Å². The first kappa shape index (κ1) is 11.3. The van der Waals surface area contributed by atoms with Crippen molar-refractivity contribution >= 4 is 21.6 Å². The molecule has 1 unspecified atom stereocenters. The van der Waals surface area contributed by atoms with E-state index in [0.717, 1.165) is 15.7 Å². The van der Waals surface area contributed by atoms with Crippen LogP contribution in [0.4, 0.5) is 5.69 Å². The summed E-state index contributed by atoms with van der Waals surface area (Å²) in [6.45, 7) is 4.21. The van der Waals surface area contributed by atoms with Gasteiger partial charge in [0, 0.05) is 15.7 Å². The van der Waals surface area contributed by atoms with Gasteiger partial charge in [-0.15, -0.1) is 0 Å². The van der Waals surface area contributed by atoms with Crippen LogP contribution < -0.4 is 5.32 Å². The molecule has 0 aliphatic heterocycles. The van der Waals surface area contributed by atoms with Gasteiger partial charge in [0.15, 0.2) is 0 Å². The second kappa shape index (κ2) is 4.74. The van der Waals surface area contributed by atoms with Gasteiger partial charge in [0.1, 0.15) is 0 Å². The Bertz CT molecular complexity index is 465. The molecule has 1 aromatic carbocycles. The second-order valence-corrected chi connectivity index (χ2v) is 4.69. The number of hydrogen-bond donors (Lipinski definition) is 1. The number of rotatable bonds is 3. The van der Waals surface area contributed by atoms with Crippen LogP contribution in [0.25, 0.3) is 0 Å². The van der Waals surface area contributed by atoms with Crippen LogP contribution in [0.2, 0.25) is 0 Å². The summed E-state index contributed by atoms with van der Waals surface area (Å²) in [5.41, 5.74) is 3.51. The van der Waals surface area contributed by atoms with Gasteiger partial charge in [0.05, 0.1) is 18.6 Å². The van der Waals surface area contributed by atoms with E-state index in [4.69, 9.17) is 4.42 Å². The summed E-state index contributed by atoms with van der Waals surface area (Å²) < 4.78 is 6.20. The summed E-state index contributed by atoms with van der Waals surface area (Å²) in [6, 6.07) is 8.37. The van der Waals surface area contributed by atoms with Gasteiger partial charge in [-0.25, -0.2) is 0 Å². The van der Waals surface area contributed by atoms with Gasteiger partial charge in [-0.3, -0.25) is 0 Å². The fourth-order valence-electron chi connectivity index (χ4n) is 1.60. The summed E-state index contributed by atoms with van der Waals surface area (Å²) in [6.07, 6.45) is 3.46. The first-order valence-corrected chi connectivity index (χ1v) is 6.01. The van der Waals surface area contributed by atoms with Gasteiger partial charge < -0.3 is 9.73 Å². The van der Waals surface area contributed by atoms with E-state index in [0.29, 0.717) is 0 Å². The SMILES string of the molecule is Cc1c(Br)cccc1NC(C)c1ccoc1. The maximum absolute atomic E-state index is 5.08. The summed E-state index contributed by atoms with van der Waals surface area (Å²) in [5.74, 6) is 0. The van der Waals surface area contributed by atoms with Gasteiger partial charge in [0.25, 0.3) is 0 Å². The molecule has 0 aliphatic carbocycles. The molecule has 16 heavy (non-hydrogen) atoms. The van der Waals surface area contributed by atoms with Gasteiger partial charge in [0.2, 0.25) is 0 Å². The lowest BCUT2D eigenvalue weighted by Gasteiger charge is -2.16. The van der Waals surface area contributed by atoms with Crippen molar-refractivity contribution in [3.8, 4) is 0 Å². The number of furan rings is 1. The molecule has 2 rings (SSSR count). The van der Waals surface area contributed by atoms with Crippen molar-refractivity contribution in [2.45, 2.75) is 19.9 Å². The predicted molar refractivity (Wildman–Crippen MR) is 69.6 cm³/mol. The second-order valence-electron chi connectivity index (χ2n) is 3.84. The predicted octanol–water partition coefficient (Wildman–Crippen LogP) is 4.52. The first-order valence-electron chi connectivity index (χ1n) is 5.22. The Morgan fingerprint density at radius 3 is 2.81 bits per heavy atom. The molecule has 2 aromatic rings. The van der Waals surface area contributed by atoms with Gasteiger partial charge in [-0.1, -0.05) is 22.0 Å². The maximum Gasteiger partial charge on any atom is 0.0955 e. The van der Waals surface area contributed by atoms with E-state index < -0.39 is 0 Å². The van der Waals surface area contributed by atoms with Crippen LogP contribution in [0.1, 0.15) is 24.1 Å². The van der Waals surface area contributed by atoms with Crippen molar-refractivity contribution in [2.75, 3.05) is 5.32 Å². The first-order chi connectivity index (χ1) is 7.68. The topological polar surface area (TPSA) is 25.2 Å². The molecule has 84 valence electrons. The summed E-state index contributed by atoms with van der Waals surface area (Å²) >= 11 is 3.53. The molecule has 0 amide bonds. The fraction of sp³-hybridized carbons (Fsp3) is 0.231. The van der Waals surface area contributed by atoms with Gasteiger partial charge in [-0.2, -0.15) is 0 Å². The number of nitrogens with one attached hydrogen (secondary N) is 1. The number of anilines is 1. The summed E-state index contributed by atoms with van der Waals surface area (Å²) in [5, 5.41) is 3.46. The Balaban J connectivity index is 2.18. The lowest BCUT2D eigenvalue weighted by molar-refractivity contribution is 0.562. The highest BCUT2D eigenvalue weighted by Gasteiger charge is 2.08. The Morgan fingerprint density at radius 1 is 1.31 bits per heavy atom. The van der Waals surface area contributed by atoms with E-state index >= 15 is 0 Å². The number of hydrogen-bond acceptors (Lipinski definition) is 2. The third-order valence-electron chi connectivity index (χ3n) is 2.68. The zero-order valence-electron chi connectivity index (χ0n) is 9.33. The average molecular weight is 280 g/mol. The highest BCUT2D eigenvalue weighted by Crippen LogP contribution is 2.27. The fourth-order valence-corrected chi connectivity index (χ4v) is 1.97. The third-order valence-corrected chi connectivity index (χ3v) is 3.54. The van der Waals surface area contributed by atoms with Gasteiger partial charge >= 0.3 is 0 Å². The van der Waals surface area contributed by atoms with Crippen LogP contribution in [0.3, 0.4) is 0 Å². The molecule has 0 saturated carbocycles. The maximum atomic E-state index is 5.08. The molecule has 0 aliphatic rings. The number of benzene rings is 1. The normalized spacial score (nSPS) is 12.4. The molecule has 3 heteroatoms. The van der Waals surface area contributed by atoms with Crippen LogP contribution in [-0.4, -0.2) is 0 Å². The van der Waals surface area contributed by atoms with E-state index in [-0.39, 0.29) is 6.04 Å². The van der Waals surface area contributed by atoms with E-state index in [9.17, 15) is 0 Å². The molecule has 0 spiro atoms. The zero-order chi connectivity index (χ0) is 11.5. The molecular weight excluding hydrogens is 266 g/mol. The van der Waals surface area contributed by atoms with Gasteiger partial charge in [-0.05, 0) is 37.6 Å². The Morgan fingerprint density at radius 2 is 2.12 bits per heavy atom. The van der Waals surface area contributed by atoms with Crippen LogP contribution in [-0.2, 0) is 0 Å². The Kier molecular flexibility index (Phi) is 3.34. The smallest absolute Gasteiger partial charge is 0.0955 e. The molecule has 1 aromatic heterocycles. The minimum atomic E-state index is 0.242. The van der Waals surface area contributed by atoms with Crippen molar-refractivity contribution < 1.29 is 4.42 Å². The van der Waals surface area contributed by atoms with Crippen LogP contribution in [0.5, 0.6) is 0 Å². The van der Waals surface area contributed by atoms with Crippen LogP contribution in [0, 0.1) is 6.92 Å². The lowest BCUT2D eigenvalue weighted by Crippen LogP contribution is -2.06. The zero-order valence-corrected chi connectivity index (χ0v) is 10.9. The largest absolute Gasteiger partial charge is 0.472 e. The molecule has 1 N–H and O–H groups in total. The minimum Gasteiger partial charge on any atom is -0.472 e. The molecule has 0 bridgehead atoms. The monoisotopic (exact) mass is 279 g/mol. The van der Waals surface area contributed by atoms with Crippen LogP contribution >= 0.6 is 15.9 Å². The molecular formula is C13H14BrNO. The standard InChI is InChI=1S/C13H14BrNO/c1-9-12(14)4-3-5-13(9)15-10(2)11-6-7-16-8-11/h3-8,10,15H,1-2H3. The van der Waals surface area contributed by atoms with E-state index in [2.05, 4.69) is 41.2 Å². The highest BCUT2D eigenvalue weighted by atomic mass is 79.9. The van der Waals surface area contributed by atoms with Crippen molar-refractivity contribution in [2.24, 2.45) is 0 Å². The molecule has 1 heterocycles. The van der Waals surface area contributed by atoms with Crippen molar-refractivity contribution in [3.63, 3.8) is 0 Å². The lowest BCUT2D eigenvalue weighted by atomic mass is 10.1. The molecule has 0 saturated heterocycles. The third kappa shape index (κ3) is 2.30. The van der Waals surface area contributed by atoms with Crippen molar-refractivity contribution in [1.82, 2.24) is 0 Å². The molecule has 0 fully saturated rings. The van der Waals surface area contributed by atoms with E-state index in [1.54, 1.807) is 12.5 Å². The Hall–Kier alpha value is -1.22. The van der Waals surface area contributed by atoms with Crippen LogP contribution in [0.15, 0.2) is 45.7 Å².